The number of aliphatic imine (C=N–C) groups is 1. The van der Waals surface area contributed by atoms with E-state index >= 15 is 0 Å². The molecule has 17 heavy (non-hydrogen) atoms. The number of rotatable bonds is 3. The summed E-state index contributed by atoms with van der Waals surface area (Å²) in [6.45, 7) is 6.35. The zero-order chi connectivity index (χ0) is 12.6. The lowest BCUT2D eigenvalue weighted by atomic mass is 9.98. The summed E-state index contributed by atoms with van der Waals surface area (Å²) in [7, 11) is 1.66. The highest BCUT2D eigenvalue weighted by atomic mass is 16.5. The first-order chi connectivity index (χ1) is 8.00. The van der Waals surface area contributed by atoms with Gasteiger partial charge in [-0.05, 0) is 24.0 Å². The number of hydrogen-bond donors (Lipinski definition) is 0. The molecule has 1 aliphatic heterocycles. The second-order valence-electron chi connectivity index (χ2n) is 4.86. The molecule has 0 aliphatic carbocycles. The number of nitrogens with zero attached hydrogens (tertiary/aromatic N) is 2. The Bertz CT molecular complexity index is 463. The van der Waals surface area contributed by atoms with Crippen molar-refractivity contribution in [2.75, 3.05) is 7.05 Å². The van der Waals surface area contributed by atoms with Crippen LogP contribution in [-0.4, -0.2) is 12.9 Å². The number of hydrogen-bond acceptors (Lipinski definition) is 2. The highest BCUT2D eigenvalue weighted by molar-refractivity contribution is 6.02. The monoisotopic (exact) mass is 232 g/mol. The van der Waals surface area contributed by atoms with Gasteiger partial charge in [-0.1, -0.05) is 26.8 Å². The molecule has 0 aromatic heterocycles. The van der Waals surface area contributed by atoms with Gasteiger partial charge in [0, 0.05) is 12.5 Å². The van der Waals surface area contributed by atoms with E-state index in [1.807, 2.05) is 13.0 Å². The van der Waals surface area contributed by atoms with Crippen molar-refractivity contribution in [3.05, 3.63) is 29.0 Å². The van der Waals surface area contributed by atoms with Crippen LogP contribution in [0.25, 0.3) is 0 Å². The Morgan fingerprint density at radius 3 is 2.65 bits per heavy atom. The average Bonchev–Trinajstić information content (AvgIpc) is 2.59. The summed E-state index contributed by atoms with van der Waals surface area (Å²) < 4.78 is -0.438. The first-order valence-corrected chi connectivity index (χ1v) is 6.30. The molecular formula is C14H20N2O. The molecule has 1 aromatic carbocycles. The summed E-state index contributed by atoms with van der Waals surface area (Å²) in [5, 5.41) is 12.4. The lowest BCUT2D eigenvalue weighted by Gasteiger charge is -2.34. The molecule has 0 spiro atoms. The number of quaternary nitrogens is 1. The molecule has 0 fully saturated rings. The molecule has 2 unspecified atom stereocenters. The molecule has 2 atom stereocenters. The van der Waals surface area contributed by atoms with Crippen LogP contribution in [0, 0.1) is 5.21 Å². The molecule has 0 bridgehead atoms. The van der Waals surface area contributed by atoms with E-state index in [-0.39, 0.29) is 0 Å². The van der Waals surface area contributed by atoms with E-state index < -0.39 is 4.65 Å². The molecule has 92 valence electrons. The van der Waals surface area contributed by atoms with Gasteiger partial charge in [0.25, 0.3) is 0 Å². The van der Waals surface area contributed by atoms with E-state index in [1.54, 1.807) is 7.05 Å². The van der Waals surface area contributed by atoms with Crippen molar-refractivity contribution in [3.63, 3.8) is 0 Å². The summed E-state index contributed by atoms with van der Waals surface area (Å²) >= 11 is 0. The molecule has 0 saturated carbocycles. The van der Waals surface area contributed by atoms with Crippen LogP contribution >= 0.6 is 0 Å². The van der Waals surface area contributed by atoms with Gasteiger partial charge in [-0.25, -0.2) is 0 Å². The number of hydroxylamine groups is 2. The molecule has 0 radical (unpaired) electrons. The van der Waals surface area contributed by atoms with Crippen molar-refractivity contribution >= 4 is 17.2 Å². The molecule has 0 amide bonds. The molecule has 3 nitrogen and oxygen atoms in total. The van der Waals surface area contributed by atoms with Crippen LogP contribution in [0.2, 0.25) is 0 Å². The lowest BCUT2D eigenvalue weighted by Crippen LogP contribution is -2.41. The van der Waals surface area contributed by atoms with Crippen LogP contribution in [0.15, 0.2) is 23.2 Å². The smallest absolute Gasteiger partial charge is 0.208 e. The van der Waals surface area contributed by atoms with Gasteiger partial charge in [0.1, 0.15) is 5.69 Å². The SMILES string of the molecule is CCC1=Nc2cc(C(C)CC)ccc2[N+]1(C)[O-]. The van der Waals surface area contributed by atoms with Crippen molar-refractivity contribution in [1.29, 1.82) is 0 Å². The maximum Gasteiger partial charge on any atom is 0.208 e. The fourth-order valence-corrected chi connectivity index (χ4v) is 2.29. The Morgan fingerprint density at radius 2 is 2.06 bits per heavy atom. The second kappa shape index (κ2) is 4.24. The predicted octanol–water partition coefficient (Wildman–Crippen LogP) is 4.09. The van der Waals surface area contributed by atoms with Crippen LogP contribution in [-0.2, 0) is 0 Å². The van der Waals surface area contributed by atoms with Crippen molar-refractivity contribution in [3.8, 4) is 0 Å². The summed E-state index contributed by atoms with van der Waals surface area (Å²) in [5.41, 5.74) is 2.90. The van der Waals surface area contributed by atoms with Gasteiger partial charge >= 0.3 is 0 Å². The van der Waals surface area contributed by atoms with Crippen molar-refractivity contribution in [2.24, 2.45) is 4.99 Å². The van der Waals surface area contributed by atoms with Gasteiger partial charge in [-0.15, -0.1) is 0 Å². The minimum absolute atomic E-state index is 0.438. The topological polar surface area (TPSA) is 35.4 Å². The van der Waals surface area contributed by atoms with Gasteiger partial charge in [0.2, 0.25) is 5.84 Å². The maximum absolute atomic E-state index is 12.4. The van der Waals surface area contributed by atoms with Crippen LogP contribution in [0.5, 0.6) is 0 Å². The Balaban J connectivity index is 2.46. The predicted molar refractivity (Wildman–Crippen MR) is 73.6 cm³/mol. The highest BCUT2D eigenvalue weighted by Crippen LogP contribution is 2.41. The lowest BCUT2D eigenvalue weighted by molar-refractivity contribution is 0.657. The van der Waals surface area contributed by atoms with Gasteiger partial charge < -0.3 is 5.21 Å². The number of benzene rings is 1. The largest absolute Gasteiger partial charge is 0.621 e. The molecular weight excluding hydrogens is 212 g/mol. The van der Waals surface area contributed by atoms with Gasteiger partial charge in [0.05, 0.1) is 7.05 Å². The minimum Gasteiger partial charge on any atom is -0.621 e. The van der Waals surface area contributed by atoms with Crippen LogP contribution in [0.3, 0.4) is 0 Å². The Morgan fingerprint density at radius 1 is 1.35 bits per heavy atom. The third-order valence-electron chi connectivity index (χ3n) is 3.70. The summed E-state index contributed by atoms with van der Waals surface area (Å²) in [6.07, 6.45) is 1.81. The molecule has 3 heteroatoms. The van der Waals surface area contributed by atoms with Gasteiger partial charge in [0.15, 0.2) is 5.69 Å². The van der Waals surface area contributed by atoms with Crippen LogP contribution in [0.4, 0.5) is 11.4 Å². The normalized spacial score (nSPS) is 24.4. The number of amidine groups is 1. The molecule has 1 aliphatic rings. The van der Waals surface area contributed by atoms with Gasteiger partial charge in [-0.2, -0.15) is 4.99 Å². The molecule has 1 heterocycles. The maximum atomic E-state index is 12.4. The average molecular weight is 232 g/mol. The molecule has 0 N–H and O–H groups in total. The summed E-state index contributed by atoms with van der Waals surface area (Å²) in [6, 6.07) is 6.08. The van der Waals surface area contributed by atoms with E-state index in [4.69, 9.17) is 0 Å². The third kappa shape index (κ3) is 1.90. The summed E-state index contributed by atoms with van der Waals surface area (Å²) in [4.78, 5) is 4.48. The first kappa shape index (κ1) is 12.3. The van der Waals surface area contributed by atoms with E-state index in [0.29, 0.717) is 18.2 Å². The minimum atomic E-state index is -0.438. The Kier molecular flexibility index (Phi) is 3.06. The van der Waals surface area contributed by atoms with Crippen LogP contribution in [0.1, 0.15) is 45.1 Å². The molecule has 1 aromatic rings. The van der Waals surface area contributed by atoms with Crippen molar-refractivity contribution in [2.45, 2.75) is 39.5 Å². The Labute approximate surface area is 103 Å². The molecule has 2 rings (SSSR count). The van der Waals surface area contributed by atoms with E-state index in [2.05, 4.69) is 31.0 Å². The zero-order valence-corrected chi connectivity index (χ0v) is 11.0. The summed E-state index contributed by atoms with van der Waals surface area (Å²) in [5.74, 6) is 1.22. The standard InChI is InChI=1S/C14H20N2O/c1-5-10(3)11-7-8-13-12(9-11)15-14(6-2)16(13,4)17/h7-10H,5-6H2,1-4H3. The number of fused-ring (bicyclic) bond motifs is 1. The Hall–Kier alpha value is -1.19. The van der Waals surface area contributed by atoms with E-state index in [9.17, 15) is 5.21 Å². The second-order valence-corrected chi connectivity index (χ2v) is 4.86. The molecule has 0 saturated heterocycles. The first-order valence-electron chi connectivity index (χ1n) is 6.30. The fraction of sp³-hybridized carbons (Fsp3) is 0.500. The fourth-order valence-electron chi connectivity index (χ4n) is 2.29. The van der Waals surface area contributed by atoms with E-state index in [1.165, 1.54) is 5.56 Å². The zero-order valence-electron chi connectivity index (χ0n) is 11.0. The van der Waals surface area contributed by atoms with Crippen LogP contribution < -0.4 is 4.65 Å². The van der Waals surface area contributed by atoms with Crippen molar-refractivity contribution in [1.82, 2.24) is 4.65 Å². The van der Waals surface area contributed by atoms with Gasteiger partial charge in [-0.3, -0.25) is 4.65 Å². The third-order valence-corrected chi connectivity index (χ3v) is 3.70. The van der Waals surface area contributed by atoms with Crippen molar-refractivity contribution < 1.29 is 0 Å². The quantitative estimate of drug-likeness (QED) is 0.571. The highest BCUT2D eigenvalue weighted by Gasteiger charge is 2.31. The van der Waals surface area contributed by atoms with E-state index in [0.717, 1.165) is 17.8 Å².